The molecule has 0 saturated heterocycles. The van der Waals surface area contributed by atoms with Gasteiger partial charge >= 0.3 is 21.7 Å². The molecule has 25 heavy (non-hydrogen) atoms. The summed E-state index contributed by atoms with van der Waals surface area (Å²) in [5.74, 6) is -0.415. The molecule has 0 fully saturated rings. The van der Waals surface area contributed by atoms with Gasteiger partial charge in [-0.3, -0.25) is 4.90 Å². The molecule has 0 radical (unpaired) electrons. The highest BCUT2D eigenvalue weighted by Crippen LogP contribution is 2.38. The Morgan fingerprint density at radius 2 is 1.80 bits per heavy atom. The van der Waals surface area contributed by atoms with Crippen molar-refractivity contribution in [1.29, 1.82) is 0 Å². The molecule has 10 heteroatoms. The minimum Gasteiger partial charge on any atom is -0.443 e. The van der Waals surface area contributed by atoms with E-state index in [-0.39, 0.29) is 12.1 Å². The van der Waals surface area contributed by atoms with Crippen molar-refractivity contribution in [3.05, 3.63) is 23.3 Å². The van der Waals surface area contributed by atoms with Gasteiger partial charge in [-0.25, -0.2) is 4.79 Å². The Hall–Kier alpha value is -1.97. The van der Waals surface area contributed by atoms with Crippen LogP contribution in [0.4, 0.5) is 23.7 Å². The summed E-state index contributed by atoms with van der Waals surface area (Å²) >= 11 is 0. The zero-order valence-electron chi connectivity index (χ0n) is 14.1. The van der Waals surface area contributed by atoms with Crippen molar-refractivity contribution in [2.45, 2.75) is 45.2 Å². The first-order valence-electron chi connectivity index (χ1n) is 7.37. The fraction of sp³-hybridized carbons (Fsp3) is 0.533. The number of hydrogen-bond acceptors (Lipinski definition) is 5. The van der Waals surface area contributed by atoms with Crippen molar-refractivity contribution in [1.82, 2.24) is 0 Å². The molecule has 0 spiro atoms. The Bertz CT molecular complexity index is 797. The van der Waals surface area contributed by atoms with Gasteiger partial charge in [-0.1, -0.05) is 0 Å². The van der Waals surface area contributed by atoms with Crippen LogP contribution in [0.3, 0.4) is 0 Å². The first-order chi connectivity index (χ1) is 11.2. The molecule has 0 bridgehead atoms. The van der Waals surface area contributed by atoms with E-state index >= 15 is 0 Å². The Morgan fingerprint density at radius 1 is 1.20 bits per heavy atom. The van der Waals surface area contributed by atoms with Crippen molar-refractivity contribution < 1.29 is 35.3 Å². The molecule has 140 valence electrons. The number of fused-ring (bicyclic) bond motifs is 1. The summed E-state index contributed by atoms with van der Waals surface area (Å²) in [6.07, 6.45) is -0.230. The van der Waals surface area contributed by atoms with E-state index in [1.807, 2.05) is 0 Å². The minimum absolute atomic E-state index is 0.233. The molecule has 1 heterocycles. The van der Waals surface area contributed by atoms with Gasteiger partial charge in [0.25, 0.3) is 0 Å². The molecule has 6 nitrogen and oxygen atoms in total. The second-order valence-corrected chi connectivity index (χ2v) is 8.09. The maximum Gasteiger partial charge on any atom is 0.534 e. The summed E-state index contributed by atoms with van der Waals surface area (Å²) in [4.78, 5) is 13.6. The number of nitrogens with zero attached hydrogens (tertiary/aromatic N) is 1. The lowest BCUT2D eigenvalue weighted by Crippen LogP contribution is -2.35. The average Bonchev–Trinajstić information content (AvgIpc) is 2.83. The Labute approximate surface area is 143 Å². The van der Waals surface area contributed by atoms with Gasteiger partial charge in [0.1, 0.15) is 11.4 Å². The maximum atomic E-state index is 12.5. The summed E-state index contributed by atoms with van der Waals surface area (Å²) < 4.78 is 69.2. The van der Waals surface area contributed by atoms with Crippen LogP contribution in [0.15, 0.2) is 12.1 Å². The molecule has 0 unspecified atom stereocenters. The van der Waals surface area contributed by atoms with Crippen LogP contribution in [0, 0.1) is 6.92 Å². The number of hydrogen-bond donors (Lipinski definition) is 0. The molecule has 0 N–H and O–H groups in total. The quantitative estimate of drug-likeness (QED) is 0.579. The number of amides is 1. The van der Waals surface area contributed by atoms with Crippen LogP contribution >= 0.6 is 0 Å². The van der Waals surface area contributed by atoms with Crippen LogP contribution < -0.4 is 9.08 Å². The number of alkyl halides is 3. The summed E-state index contributed by atoms with van der Waals surface area (Å²) in [6.45, 7) is 6.86. The topological polar surface area (TPSA) is 72.9 Å². The van der Waals surface area contributed by atoms with Gasteiger partial charge < -0.3 is 8.92 Å². The normalized spacial score (nSPS) is 15.1. The second-order valence-electron chi connectivity index (χ2n) is 6.55. The number of benzene rings is 1. The summed E-state index contributed by atoms with van der Waals surface area (Å²) in [7, 11) is -5.75. The minimum atomic E-state index is -5.75. The van der Waals surface area contributed by atoms with Gasteiger partial charge in [0.05, 0.1) is 5.69 Å². The van der Waals surface area contributed by atoms with Crippen LogP contribution in [-0.4, -0.2) is 32.2 Å². The molecule has 0 aromatic heterocycles. The average molecular weight is 381 g/mol. The van der Waals surface area contributed by atoms with Gasteiger partial charge in [0.15, 0.2) is 0 Å². The lowest BCUT2D eigenvalue weighted by atomic mass is 10.1. The number of carbonyl (C=O) groups is 1. The maximum absolute atomic E-state index is 12.5. The largest absolute Gasteiger partial charge is 0.534 e. The Balaban J connectivity index is 2.32. The van der Waals surface area contributed by atoms with E-state index in [0.717, 1.165) is 6.07 Å². The fourth-order valence-corrected chi connectivity index (χ4v) is 2.91. The third-order valence-electron chi connectivity index (χ3n) is 3.50. The molecule has 1 aromatic rings. The van der Waals surface area contributed by atoms with Crippen LogP contribution in [-0.2, 0) is 21.3 Å². The summed E-state index contributed by atoms with van der Waals surface area (Å²) in [6, 6.07) is 2.45. The second kappa shape index (κ2) is 6.08. The zero-order chi connectivity index (χ0) is 19.2. The molecular formula is C15H18F3NO5S. The van der Waals surface area contributed by atoms with E-state index in [2.05, 4.69) is 4.18 Å². The van der Waals surface area contributed by atoms with E-state index in [4.69, 9.17) is 4.74 Å². The number of halogens is 3. The standard InChI is InChI=1S/C15H18F3NO5S/c1-9-10-7-8-19(13(20)23-14(2,3)4)11(10)5-6-12(9)24-25(21,22)15(16,17)18/h5-6H,7-8H2,1-4H3. The van der Waals surface area contributed by atoms with Gasteiger partial charge in [0.2, 0.25) is 0 Å². The fourth-order valence-electron chi connectivity index (χ4n) is 2.40. The SMILES string of the molecule is Cc1c(OS(=O)(=O)C(F)(F)F)ccc2c1CCN2C(=O)OC(C)(C)C. The lowest BCUT2D eigenvalue weighted by molar-refractivity contribution is -0.0500. The van der Waals surface area contributed by atoms with Crippen LogP contribution in [0.5, 0.6) is 5.75 Å². The van der Waals surface area contributed by atoms with Gasteiger partial charge in [-0.15, -0.1) is 0 Å². The van der Waals surface area contributed by atoms with Crippen molar-refractivity contribution in [3.8, 4) is 5.75 Å². The van der Waals surface area contributed by atoms with Gasteiger partial charge in [0, 0.05) is 6.54 Å². The molecule has 2 rings (SSSR count). The van der Waals surface area contributed by atoms with Crippen LogP contribution in [0.1, 0.15) is 31.9 Å². The molecule has 1 aliphatic heterocycles. The highest BCUT2D eigenvalue weighted by molar-refractivity contribution is 7.88. The van der Waals surface area contributed by atoms with E-state index in [0.29, 0.717) is 17.7 Å². The van der Waals surface area contributed by atoms with Gasteiger partial charge in [-0.2, -0.15) is 21.6 Å². The van der Waals surface area contributed by atoms with E-state index in [1.165, 1.54) is 17.9 Å². The summed E-state index contributed by atoms with van der Waals surface area (Å²) in [5, 5.41) is 0. The third kappa shape index (κ3) is 4.00. The van der Waals surface area contributed by atoms with E-state index < -0.39 is 33.1 Å². The molecule has 0 atom stereocenters. The molecule has 0 saturated carbocycles. The van der Waals surface area contributed by atoms with Crippen molar-refractivity contribution in [2.75, 3.05) is 11.4 Å². The monoisotopic (exact) mass is 381 g/mol. The molecule has 1 amide bonds. The van der Waals surface area contributed by atoms with Crippen LogP contribution in [0.25, 0.3) is 0 Å². The molecule has 1 aromatic carbocycles. The molecule has 0 aliphatic carbocycles. The van der Waals surface area contributed by atoms with Crippen molar-refractivity contribution >= 4 is 21.9 Å². The number of anilines is 1. The van der Waals surface area contributed by atoms with E-state index in [9.17, 15) is 26.4 Å². The van der Waals surface area contributed by atoms with Gasteiger partial charge in [-0.05, 0) is 57.4 Å². The highest BCUT2D eigenvalue weighted by atomic mass is 32.2. The highest BCUT2D eigenvalue weighted by Gasteiger charge is 2.49. The van der Waals surface area contributed by atoms with E-state index in [1.54, 1.807) is 20.8 Å². The number of rotatable bonds is 2. The predicted octanol–water partition coefficient (Wildman–Crippen LogP) is 3.52. The smallest absolute Gasteiger partial charge is 0.443 e. The number of ether oxygens (including phenoxy) is 1. The third-order valence-corrected chi connectivity index (χ3v) is 4.46. The summed E-state index contributed by atoms with van der Waals surface area (Å²) in [5.41, 5.74) is -4.97. The molecule has 1 aliphatic rings. The first-order valence-corrected chi connectivity index (χ1v) is 8.77. The zero-order valence-corrected chi connectivity index (χ0v) is 14.9. The molecular weight excluding hydrogens is 363 g/mol. The Kier molecular flexibility index (Phi) is 4.71. The number of carbonyl (C=O) groups excluding carboxylic acids is 1. The van der Waals surface area contributed by atoms with Crippen LogP contribution in [0.2, 0.25) is 0 Å². The van der Waals surface area contributed by atoms with Crippen molar-refractivity contribution in [2.24, 2.45) is 0 Å². The lowest BCUT2D eigenvalue weighted by Gasteiger charge is -2.25. The predicted molar refractivity (Wildman–Crippen MR) is 84.1 cm³/mol. The van der Waals surface area contributed by atoms with Crippen molar-refractivity contribution in [3.63, 3.8) is 0 Å². The Morgan fingerprint density at radius 3 is 2.32 bits per heavy atom. The first kappa shape index (κ1) is 19.4.